The largest absolute Gasteiger partial charge is 0.388 e. The number of hydrogen-bond donors (Lipinski definition) is 1. The maximum Gasteiger partial charge on any atom is 0.0883 e. The van der Waals surface area contributed by atoms with Crippen molar-refractivity contribution in [2.45, 2.75) is 33.3 Å². The van der Waals surface area contributed by atoms with Crippen LogP contribution in [0.25, 0.3) is 0 Å². The van der Waals surface area contributed by atoms with E-state index in [9.17, 15) is 5.11 Å². The molecule has 2 heteroatoms. The van der Waals surface area contributed by atoms with Crippen LogP contribution in [0.5, 0.6) is 0 Å². The third-order valence-corrected chi connectivity index (χ3v) is 3.67. The molecule has 0 amide bonds. The lowest BCUT2D eigenvalue weighted by molar-refractivity contribution is 0.203. The quantitative estimate of drug-likeness (QED) is 0.773. The van der Waals surface area contributed by atoms with Crippen molar-refractivity contribution in [2.24, 2.45) is 0 Å². The molecule has 0 saturated heterocycles. The van der Waals surface area contributed by atoms with E-state index in [0.29, 0.717) is 0 Å². The smallest absolute Gasteiger partial charge is 0.0883 e. The molecule has 1 atom stereocenters. The predicted molar refractivity (Wildman–Crippen MR) is 68.5 cm³/mol. The third-order valence-electron chi connectivity index (χ3n) is 2.42. The Morgan fingerprint density at radius 3 is 2.73 bits per heavy atom. The van der Waals surface area contributed by atoms with Crippen molar-refractivity contribution in [3.8, 4) is 0 Å². The lowest BCUT2D eigenvalue weighted by Crippen LogP contribution is -2.03. The molecule has 1 unspecified atom stereocenters. The van der Waals surface area contributed by atoms with E-state index < -0.39 is 0 Å². The van der Waals surface area contributed by atoms with Crippen molar-refractivity contribution < 1.29 is 5.11 Å². The van der Waals surface area contributed by atoms with E-state index in [2.05, 4.69) is 39.0 Å². The summed E-state index contributed by atoms with van der Waals surface area (Å²) in [6.45, 7) is 6.29. The van der Waals surface area contributed by atoms with Gasteiger partial charge < -0.3 is 5.11 Å². The SMILES string of the molecule is CCCSCC(O)c1cc(C)ccc1C. The molecular weight excluding hydrogens is 204 g/mol. The van der Waals surface area contributed by atoms with Gasteiger partial charge in [0.25, 0.3) is 0 Å². The summed E-state index contributed by atoms with van der Waals surface area (Å²) in [7, 11) is 0. The Labute approximate surface area is 96.9 Å². The van der Waals surface area contributed by atoms with Crippen LogP contribution in [0.15, 0.2) is 18.2 Å². The average molecular weight is 224 g/mol. The molecule has 1 N–H and O–H groups in total. The highest BCUT2D eigenvalue weighted by atomic mass is 32.2. The summed E-state index contributed by atoms with van der Waals surface area (Å²) >= 11 is 1.82. The number of aliphatic hydroxyl groups excluding tert-OH is 1. The van der Waals surface area contributed by atoms with E-state index >= 15 is 0 Å². The highest BCUT2D eigenvalue weighted by Gasteiger charge is 2.10. The first-order valence-corrected chi connectivity index (χ1v) is 6.63. The van der Waals surface area contributed by atoms with Gasteiger partial charge in [0.05, 0.1) is 6.10 Å². The van der Waals surface area contributed by atoms with Gasteiger partial charge in [0.1, 0.15) is 0 Å². The molecule has 0 saturated carbocycles. The van der Waals surface area contributed by atoms with E-state index in [1.54, 1.807) is 0 Å². The van der Waals surface area contributed by atoms with Gasteiger partial charge in [-0.25, -0.2) is 0 Å². The van der Waals surface area contributed by atoms with Crippen LogP contribution in [0.3, 0.4) is 0 Å². The molecule has 0 spiro atoms. The zero-order valence-corrected chi connectivity index (χ0v) is 10.6. The number of benzene rings is 1. The fraction of sp³-hybridized carbons (Fsp3) is 0.538. The molecule has 84 valence electrons. The van der Waals surface area contributed by atoms with E-state index in [1.807, 2.05) is 11.8 Å². The van der Waals surface area contributed by atoms with E-state index in [0.717, 1.165) is 17.1 Å². The standard InChI is InChI=1S/C13H20OS/c1-4-7-15-9-13(14)12-8-10(2)5-6-11(12)3/h5-6,8,13-14H,4,7,9H2,1-3H3. The topological polar surface area (TPSA) is 20.2 Å². The van der Waals surface area contributed by atoms with Gasteiger partial charge in [-0.2, -0.15) is 11.8 Å². The van der Waals surface area contributed by atoms with Crippen LogP contribution in [0, 0.1) is 13.8 Å². The zero-order valence-electron chi connectivity index (χ0n) is 9.79. The number of thioether (sulfide) groups is 1. The molecule has 0 aliphatic heterocycles. The van der Waals surface area contributed by atoms with Gasteiger partial charge >= 0.3 is 0 Å². The van der Waals surface area contributed by atoms with Crippen molar-refractivity contribution in [3.63, 3.8) is 0 Å². The second-order valence-electron chi connectivity index (χ2n) is 3.95. The summed E-state index contributed by atoms with van der Waals surface area (Å²) in [5.41, 5.74) is 3.49. The van der Waals surface area contributed by atoms with Gasteiger partial charge in [-0.05, 0) is 37.1 Å². The summed E-state index contributed by atoms with van der Waals surface area (Å²) in [5, 5.41) is 10.0. The first kappa shape index (κ1) is 12.6. The number of hydrogen-bond acceptors (Lipinski definition) is 2. The van der Waals surface area contributed by atoms with Crippen LogP contribution in [0.4, 0.5) is 0 Å². The monoisotopic (exact) mass is 224 g/mol. The summed E-state index contributed by atoms with van der Waals surface area (Å²) in [4.78, 5) is 0. The average Bonchev–Trinajstić information content (AvgIpc) is 2.22. The Balaban J connectivity index is 2.64. The minimum absolute atomic E-state index is 0.318. The van der Waals surface area contributed by atoms with Gasteiger partial charge in [-0.3, -0.25) is 0 Å². The number of aryl methyl sites for hydroxylation is 2. The Hall–Kier alpha value is -0.470. The van der Waals surface area contributed by atoms with E-state index in [-0.39, 0.29) is 6.10 Å². The van der Waals surface area contributed by atoms with Crippen LogP contribution >= 0.6 is 11.8 Å². The minimum atomic E-state index is -0.318. The molecule has 0 heterocycles. The van der Waals surface area contributed by atoms with Crippen LogP contribution in [-0.4, -0.2) is 16.6 Å². The summed E-state index contributed by atoms with van der Waals surface area (Å²) in [6.07, 6.45) is 0.853. The lowest BCUT2D eigenvalue weighted by atomic mass is 10.0. The second kappa shape index (κ2) is 6.19. The van der Waals surface area contributed by atoms with Gasteiger partial charge in [0, 0.05) is 5.75 Å². The fourth-order valence-electron chi connectivity index (χ4n) is 1.55. The lowest BCUT2D eigenvalue weighted by Gasteiger charge is -2.14. The normalized spacial score (nSPS) is 12.8. The molecule has 0 aliphatic carbocycles. The molecule has 1 aromatic carbocycles. The molecular formula is C13H20OS. The van der Waals surface area contributed by atoms with Gasteiger partial charge in [-0.15, -0.1) is 0 Å². The van der Waals surface area contributed by atoms with E-state index in [1.165, 1.54) is 17.5 Å². The zero-order chi connectivity index (χ0) is 11.3. The highest BCUT2D eigenvalue weighted by molar-refractivity contribution is 7.99. The molecule has 0 aromatic heterocycles. The van der Waals surface area contributed by atoms with Gasteiger partial charge in [0.15, 0.2) is 0 Å². The molecule has 1 nitrogen and oxygen atoms in total. The third kappa shape index (κ3) is 3.88. The molecule has 0 fully saturated rings. The Kier molecular flexibility index (Phi) is 5.20. The highest BCUT2D eigenvalue weighted by Crippen LogP contribution is 2.22. The Morgan fingerprint density at radius 1 is 1.33 bits per heavy atom. The maximum absolute atomic E-state index is 10.0. The molecule has 0 bridgehead atoms. The summed E-state index contributed by atoms with van der Waals surface area (Å²) in [6, 6.07) is 6.26. The molecule has 1 rings (SSSR count). The minimum Gasteiger partial charge on any atom is -0.388 e. The first-order chi connectivity index (χ1) is 7.15. The van der Waals surface area contributed by atoms with Crippen LogP contribution in [0.1, 0.15) is 36.1 Å². The van der Waals surface area contributed by atoms with Crippen molar-refractivity contribution in [1.82, 2.24) is 0 Å². The molecule has 0 aliphatic rings. The molecule has 15 heavy (non-hydrogen) atoms. The van der Waals surface area contributed by atoms with Crippen molar-refractivity contribution in [1.29, 1.82) is 0 Å². The molecule has 1 aromatic rings. The van der Waals surface area contributed by atoms with Gasteiger partial charge in [-0.1, -0.05) is 30.7 Å². The maximum atomic E-state index is 10.0. The number of rotatable bonds is 5. The van der Waals surface area contributed by atoms with Crippen molar-refractivity contribution in [3.05, 3.63) is 34.9 Å². The summed E-state index contributed by atoms with van der Waals surface area (Å²) in [5.74, 6) is 1.93. The number of aliphatic hydroxyl groups is 1. The second-order valence-corrected chi connectivity index (χ2v) is 5.10. The Morgan fingerprint density at radius 2 is 2.07 bits per heavy atom. The van der Waals surface area contributed by atoms with Crippen LogP contribution < -0.4 is 0 Å². The van der Waals surface area contributed by atoms with Gasteiger partial charge in [0.2, 0.25) is 0 Å². The van der Waals surface area contributed by atoms with Crippen LogP contribution in [0.2, 0.25) is 0 Å². The summed E-state index contributed by atoms with van der Waals surface area (Å²) < 4.78 is 0. The molecule has 0 radical (unpaired) electrons. The Bertz CT molecular complexity index is 309. The van der Waals surface area contributed by atoms with Crippen LogP contribution in [-0.2, 0) is 0 Å². The van der Waals surface area contributed by atoms with E-state index in [4.69, 9.17) is 0 Å². The van der Waals surface area contributed by atoms with Crippen molar-refractivity contribution >= 4 is 11.8 Å². The fourth-order valence-corrected chi connectivity index (χ4v) is 2.41. The predicted octanol–water partition coefficient (Wildman–Crippen LogP) is 3.48. The van der Waals surface area contributed by atoms with Crippen molar-refractivity contribution in [2.75, 3.05) is 11.5 Å². The first-order valence-electron chi connectivity index (χ1n) is 5.48.